The Kier molecular flexibility index (Phi) is 13.9. The van der Waals surface area contributed by atoms with E-state index in [-0.39, 0.29) is 50.6 Å². The zero-order chi connectivity index (χ0) is 49.9. The van der Waals surface area contributed by atoms with Crippen molar-refractivity contribution < 1.29 is 41.6 Å². The molecule has 11 aromatic rings. The molecule has 1 radical (unpaired) electrons. The quantitative estimate of drug-likeness (QED) is 0.125. The number of fused-ring (bicyclic) bond motifs is 24. The summed E-state index contributed by atoms with van der Waals surface area (Å²) in [6, 6.07) is 50.4. The van der Waals surface area contributed by atoms with Crippen LogP contribution in [-0.2, 0) is 36.6 Å². The fraction of sp³-hybridized carbons (Fsp3) is 0.155. The number of nitrogens with one attached hydrogen (secondary N) is 1. The zero-order valence-corrected chi connectivity index (χ0v) is 41.9. The third-order valence-electron chi connectivity index (χ3n) is 12.1. The Balaban J connectivity index is 0.000000345. The van der Waals surface area contributed by atoms with Gasteiger partial charge in [-0.3, -0.25) is 4.79 Å². The summed E-state index contributed by atoms with van der Waals surface area (Å²) < 4.78 is 27.2. The molecule has 0 amide bonds. The molecule has 8 bridgehead atoms. The summed E-state index contributed by atoms with van der Waals surface area (Å²) in [5.41, 5.74) is 5.34. The van der Waals surface area contributed by atoms with Crippen molar-refractivity contribution in [2.24, 2.45) is 0 Å². The van der Waals surface area contributed by atoms with Crippen LogP contribution in [0.4, 0.5) is 0 Å². The van der Waals surface area contributed by atoms with Crippen LogP contribution >= 0.6 is 0 Å². The molecule has 13 rings (SSSR count). The van der Waals surface area contributed by atoms with E-state index in [2.05, 4.69) is 102 Å². The smallest absolute Gasteiger partial charge is 0.460 e. The van der Waals surface area contributed by atoms with Gasteiger partial charge in [-0.1, -0.05) is 104 Å². The minimum Gasteiger partial charge on any atom is -0.460 e. The van der Waals surface area contributed by atoms with Crippen molar-refractivity contribution in [3.05, 3.63) is 146 Å². The number of benzene rings is 8. The molecule has 0 atom stereocenters. The Bertz CT molecular complexity index is 3850. The van der Waals surface area contributed by atoms with Crippen LogP contribution in [0.1, 0.15) is 36.5 Å². The molecule has 8 aromatic carbocycles. The van der Waals surface area contributed by atoms with Crippen molar-refractivity contribution in [3.8, 4) is 45.6 Å². The van der Waals surface area contributed by atoms with Gasteiger partial charge in [0.15, 0.2) is 0 Å². The number of aliphatic hydroxyl groups excluding tert-OH is 1. The summed E-state index contributed by atoms with van der Waals surface area (Å²) >= 11 is 0. The van der Waals surface area contributed by atoms with Crippen molar-refractivity contribution in [1.82, 2.24) is 44.6 Å². The fourth-order valence-corrected chi connectivity index (χ4v) is 9.53. The van der Waals surface area contributed by atoms with Gasteiger partial charge in [-0.2, -0.15) is 0 Å². The van der Waals surface area contributed by atoms with Crippen LogP contribution in [0.5, 0.6) is 0 Å². The van der Waals surface area contributed by atoms with E-state index in [4.69, 9.17) is 49.7 Å². The van der Waals surface area contributed by atoms with Crippen molar-refractivity contribution >= 4 is 103 Å². The Morgan fingerprint density at radius 2 is 0.784 bits per heavy atom. The van der Waals surface area contributed by atoms with Crippen molar-refractivity contribution in [2.75, 3.05) is 19.4 Å². The summed E-state index contributed by atoms with van der Waals surface area (Å²) in [4.78, 5) is 51.8. The minimum absolute atomic E-state index is 0. The molecule has 16 heteroatoms. The molecule has 14 nitrogen and oxygen atoms in total. The van der Waals surface area contributed by atoms with Crippen molar-refractivity contribution in [1.29, 1.82) is 0 Å². The predicted octanol–water partition coefficient (Wildman–Crippen LogP) is 11.5. The fourth-order valence-electron chi connectivity index (χ4n) is 9.07. The molecule has 375 valence electrons. The molecule has 5 heterocycles. The molecule has 0 unspecified atom stereocenters. The zero-order valence-electron chi connectivity index (χ0n) is 40.1. The molecule has 2 N–H and O–H groups in total. The van der Waals surface area contributed by atoms with Gasteiger partial charge in [0.1, 0.15) is 5.60 Å². The van der Waals surface area contributed by atoms with E-state index in [1.54, 1.807) is 0 Å². The number of hydrogen-bond donors (Lipinski definition) is 2. The van der Waals surface area contributed by atoms with Gasteiger partial charge in [0, 0.05) is 59.7 Å². The van der Waals surface area contributed by atoms with Crippen LogP contribution in [-0.4, -0.2) is 74.4 Å². The van der Waals surface area contributed by atoms with E-state index in [1.165, 1.54) is 6.92 Å². The van der Waals surface area contributed by atoms with Crippen LogP contribution in [0.15, 0.2) is 146 Å². The Morgan fingerprint density at radius 1 is 0.527 bits per heavy atom. The Morgan fingerprint density at radius 3 is 0.973 bits per heavy atom. The van der Waals surface area contributed by atoms with Crippen molar-refractivity contribution in [2.45, 2.75) is 40.7 Å². The van der Waals surface area contributed by atoms with Gasteiger partial charge in [0.2, 0.25) is 10.0 Å². The summed E-state index contributed by atoms with van der Waals surface area (Å²) in [5, 5.41) is 20.3. The molecular formula is C58H51CuN9O5S. The van der Waals surface area contributed by atoms with Gasteiger partial charge in [0.25, 0.3) is 0 Å². The first kappa shape index (κ1) is 50.9. The number of aliphatic hydroxyl groups is 1. The van der Waals surface area contributed by atoms with E-state index in [1.807, 2.05) is 69.3 Å². The summed E-state index contributed by atoms with van der Waals surface area (Å²) in [6.45, 7) is 6.87. The largest absolute Gasteiger partial charge is 2.00 e. The molecule has 0 saturated carbocycles. The van der Waals surface area contributed by atoms with E-state index in [0.717, 1.165) is 93.1 Å². The van der Waals surface area contributed by atoms with Gasteiger partial charge in [0.05, 0.1) is 36.2 Å². The number of carbonyl (C=O) groups excluding carboxylic acids is 1. The first-order valence-corrected chi connectivity index (χ1v) is 25.1. The molecule has 0 spiro atoms. The van der Waals surface area contributed by atoms with Crippen LogP contribution < -0.4 is 14.7 Å². The number of nitrogens with zero attached hydrogens (tertiary/aromatic N) is 8. The van der Waals surface area contributed by atoms with Crippen LogP contribution in [0.2, 0.25) is 0 Å². The minimum atomic E-state index is -3.10. The molecule has 0 saturated heterocycles. The second-order valence-corrected chi connectivity index (χ2v) is 20.4. The number of esters is 1. The van der Waals surface area contributed by atoms with Crippen LogP contribution in [0.3, 0.4) is 0 Å². The Labute approximate surface area is 438 Å². The van der Waals surface area contributed by atoms with Crippen molar-refractivity contribution in [3.63, 3.8) is 0 Å². The van der Waals surface area contributed by atoms with Gasteiger partial charge in [-0.25, -0.2) is 23.1 Å². The Hall–Kier alpha value is -7.98. The molecule has 3 aromatic heterocycles. The number of rotatable bonds is 3. The maximum atomic E-state index is 10.2. The third-order valence-corrected chi connectivity index (χ3v) is 12.8. The average molecular weight is 1050 g/mol. The summed E-state index contributed by atoms with van der Waals surface area (Å²) in [6.07, 6.45) is 1.04. The predicted molar refractivity (Wildman–Crippen MR) is 294 cm³/mol. The normalized spacial score (nSPS) is 11.8. The molecular weight excluding hydrogens is 998 g/mol. The van der Waals surface area contributed by atoms with E-state index < -0.39 is 10.0 Å². The van der Waals surface area contributed by atoms with Crippen LogP contribution in [0, 0.1) is 0 Å². The third kappa shape index (κ3) is 10.2. The van der Waals surface area contributed by atoms with Crippen LogP contribution in [0.25, 0.3) is 133 Å². The van der Waals surface area contributed by atoms with E-state index in [0.29, 0.717) is 45.9 Å². The maximum Gasteiger partial charge on any atom is 2.00 e. The summed E-state index contributed by atoms with van der Waals surface area (Å²) in [7, 11) is -3.10. The SMILES string of the molecule is C.CC(=O)OC(C)(C)C.CS(=O)(=O)NCCO.[Cu+2].[HH].c1ccc2cc3c(cc2c1)-c1nc-3nc2[n-]c(nc3nc(nc4[n-]c(n1)c1cc5ccccc5cc41)-c1cc4ccccc4cc1-3)c1cc3ccccc3cc21. The number of sulfonamides is 1. The number of carbonyl (C=O) groups is 1. The molecule has 0 fully saturated rings. The van der Waals surface area contributed by atoms with E-state index >= 15 is 0 Å². The van der Waals surface area contributed by atoms with Gasteiger partial charge < -0.3 is 39.7 Å². The second-order valence-electron chi connectivity index (χ2n) is 18.6. The second kappa shape index (κ2) is 20.1. The standard InChI is InChI=1S/C48H24N8.C6H12O2.C3H9NO3S.CH4.Cu.H2/c1-2-10-26-18-34-33(17-25(26)9-1)41-49-42(34)54-44-37-21-29-13-5-6-14-30(29)22-38(37)46(51-44)56-48-40-24-32-16-8-7-15-31(32)23-39(40)47(52-48)55-45-36-20-28-12-4-3-11-27(28)19-35(36)43(50-45)53-41;1-5(7)8-6(2,3)4;1-8(6,7)4-2-3-5;;;/h1-24H;1-4H3;4-5H,2-3H2,1H3;1H4;;1H/q-2;;;;+2;. The topological polar surface area (TPSA) is 198 Å². The number of hydrogen-bond acceptors (Lipinski definition) is 11. The molecule has 2 aliphatic heterocycles. The monoisotopic (exact) mass is 1050 g/mol. The number of aromatic nitrogens is 8. The van der Waals surface area contributed by atoms with Gasteiger partial charge in [-0.05, 0) is 134 Å². The van der Waals surface area contributed by atoms with Gasteiger partial charge >= 0.3 is 23.0 Å². The summed E-state index contributed by atoms with van der Waals surface area (Å²) in [5.74, 6) is 1.91. The maximum absolute atomic E-state index is 10.2. The van der Waals surface area contributed by atoms with E-state index in [9.17, 15) is 13.2 Å². The molecule has 2 aliphatic rings. The molecule has 74 heavy (non-hydrogen) atoms. The first-order chi connectivity index (χ1) is 34.6. The van der Waals surface area contributed by atoms with Gasteiger partial charge in [-0.15, -0.1) is 0 Å². The first-order valence-electron chi connectivity index (χ1n) is 23.2. The average Bonchev–Trinajstić information content (AvgIpc) is 4.08. The number of ether oxygens (including phenoxy) is 1. The molecule has 0 aliphatic carbocycles.